The molecular formula is C24H45BN4O5. The molecule has 0 bridgehead atoms. The Morgan fingerprint density at radius 3 is 2.18 bits per heavy atom. The highest BCUT2D eigenvalue weighted by atomic mass is 16.3. The molecule has 2 radical (unpaired) electrons. The van der Waals surface area contributed by atoms with Crippen molar-refractivity contribution in [3.05, 3.63) is 0 Å². The highest BCUT2D eigenvalue weighted by molar-refractivity contribution is 6.07. The molecule has 1 aliphatic rings. The maximum absolute atomic E-state index is 12.0. The number of carbonyl (C=O) groups excluding carboxylic acids is 4. The van der Waals surface area contributed by atoms with Crippen molar-refractivity contribution in [3.63, 3.8) is 0 Å². The van der Waals surface area contributed by atoms with Gasteiger partial charge in [-0.2, -0.15) is 0 Å². The molecule has 0 aliphatic carbocycles. The second-order valence-electron chi connectivity index (χ2n) is 10.3. The smallest absolute Gasteiger partial charge is 0.239 e. The molecule has 1 heterocycles. The number of amides is 4. The third-order valence-corrected chi connectivity index (χ3v) is 5.79. The summed E-state index contributed by atoms with van der Waals surface area (Å²) in [5.74, 6) is 0.340. The van der Waals surface area contributed by atoms with Crippen LogP contribution in [0.25, 0.3) is 0 Å². The van der Waals surface area contributed by atoms with Crippen molar-refractivity contribution >= 4 is 31.6 Å². The molecule has 0 aromatic heterocycles. The summed E-state index contributed by atoms with van der Waals surface area (Å²) in [5.41, 5.74) is -0.885. The fraction of sp³-hybridized carbons (Fsp3) is 0.833. The zero-order valence-corrected chi connectivity index (χ0v) is 22.1. The van der Waals surface area contributed by atoms with E-state index in [0.717, 1.165) is 6.42 Å². The van der Waals surface area contributed by atoms with Crippen LogP contribution in [0.3, 0.4) is 0 Å². The third kappa shape index (κ3) is 11.5. The normalized spacial score (nSPS) is 17.6. The molecule has 10 heteroatoms. The van der Waals surface area contributed by atoms with Crippen LogP contribution in [-0.4, -0.2) is 73.4 Å². The molecule has 0 saturated carbocycles. The van der Waals surface area contributed by atoms with Crippen LogP contribution in [0.4, 0.5) is 0 Å². The Labute approximate surface area is 206 Å². The lowest BCUT2D eigenvalue weighted by Gasteiger charge is -2.28. The number of aliphatic hydroxyl groups excluding tert-OH is 1. The van der Waals surface area contributed by atoms with Crippen molar-refractivity contribution in [1.29, 1.82) is 0 Å². The first-order valence-electron chi connectivity index (χ1n) is 12.3. The Kier molecular flexibility index (Phi) is 15.0. The van der Waals surface area contributed by atoms with Crippen molar-refractivity contribution in [2.45, 2.75) is 79.7 Å². The Morgan fingerprint density at radius 1 is 1.12 bits per heavy atom. The van der Waals surface area contributed by atoms with Crippen LogP contribution in [0.2, 0.25) is 0 Å². The minimum absolute atomic E-state index is 0.0736. The maximum Gasteiger partial charge on any atom is 0.239 e. The maximum atomic E-state index is 12.0. The van der Waals surface area contributed by atoms with Gasteiger partial charge >= 0.3 is 0 Å². The first-order valence-corrected chi connectivity index (χ1v) is 12.3. The van der Waals surface area contributed by atoms with E-state index in [-0.39, 0.29) is 61.5 Å². The summed E-state index contributed by atoms with van der Waals surface area (Å²) >= 11 is 0. The second-order valence-corrected chi connectivity index (χ2v) is 10.3. The summed E-state index contributed by atoms with van der Waals surface area (Å²) < 4.78 is 0. The first kappa shape index (κ1) is 32.1. The lowest BCUT2D eigenvalue weighted by Crippen LogP contribution is -2.55. The Bertz CT molecular complexity index is 672. The van der Waals surface area contributed by atoms with Crippen LogP contribution >= 0.6 is 0 Å². The molecule has 0 aromatic rings. The minimum atomic E-state index is -0.885. The van der Waals surface area contributed by atoms with Gasteiger partial charge in [0.15, 0.2) is 7.98 Å². The first-order chi connectivity index (χ1) is 15.8. The molecule has 1 aliphatic heterocycles. The van der Waals surface area contributed by atoms with Crippen molar-refractivity contribution in [2.24, 2.45) is 23.7 Å². The second kappa shape index (κ2) is 15.9. The van der Waals surface area contributed by atoms with Crippen LogP contribution in [-0.2, 0) is 19.2 Å². The van der Waals surface area contributed by atoms with Crippen molar-refractivity contribution < 1.29 is 24.3 Å². The zero-order valence-electron chi connectivity index (χ0n) is 22.1. The van der Waals surface area contributed by atoms with Gasteiger partial charge in [-0.15, -0.1) is 0 Å². The summed E-state index contributed by atoms with van der Waals surface area (Å²) in [6.07, 6.45) is 1.71. The molecule has 194 valence electrons. The largest absolute Gasteiger partial charge is 0.396 e. The van der Waals surface area contributed by atoms with E-state index in [0.29, 0.717) is 31.3 Å². The van der Waals surface area contributed by atoms with E-state index >= 15 is 0 Å². The predicted octanol–water partition coefficient (Wildman–Crippen LogP) is 1.14. The highest BCUT2D eigenvalue weighted by Crippen LogP contribution is 2.26. The van der Waals surface area contributed by atoms with Gasteiger partial charge < -0.3 is 21.0 Å². The number of nitrogens with zero attached hydrogens (tertiary/aromatic N) is 1. The third-order valence-electron chi connectivity index (χ3n) is 5.79. The fourth-order valence-corrected chi connectivity index (χ4v) is 3.23. The Hall–Kier alpha value is -1.94. The van der Waals surface area contributed by atoms with Gasteiger partial charge in [-0.1, -0.05) is 41.5 Å². The fourth-order valence-electron chi connectivity index (χ4n) is 3.23. The summed E-state index contributed by atoms with van der Waals surface area (Å²) in [4.78, 5) is 48.4. The molecule has 9 nitrogen and oxygen atoms in total. The molecule has 1 rings (SSSR count). The van der Waals surface area contributed by atoms with Crippen molar-refractivity contribution in [2.75, 3.05) is 26.2 Å². The topological polar surface area (TPSA) is 128 Å². The average Bonchev–Trinajstić information content (AvgIpc) is 3.04. The van der Waals surface area contributed by atoms with Gasteiger partial charge in [0, 0.05) is 45.0 Å². The molecule has 4 amide bonds. The molecular weight excluding hydrogens is 435 g/mol. The number of rotatable bonds is 13. The SMILES string of the molecule is CC(C)CCNC(=O)CCN1C(=O)CC(C(C)C)C1=O.[B]NC(C)(CCO)C(=O)NCC(C)C. The van der Waals surface area contributed by atoms with Crippen LogP contribution in [0.15, 0.2) is 0 Å². The zero-order chi connectivity index (χ0) is 26.5. The molecule has 0 aromatic carbocycles. The summed E-state index contributed by atoms with van der Waals surface area (Å²) in [7, 11) is 5.28. The van der Waals surface area contributed by atoms with E-state index in [1.54, 1.807) is 6.92 Å². The summed E-state index contributed by atoms with van der Waals surface area (Å²) in [6.45, 7) is 15.2. The van der Waals surface area contributed by atoms with Gasteiger partial charge in [0.1, 0.15) is 0 Å². The Balaban J connectivity index is 0.000000686. The summed E-state index contributed by atoms with van der Waals surface area (Å²) in [5, 5.41) is 16.8. The van der Waals surface area contributed by atoms with Gasteiger partial charge in [0.2, 0.25) is 23.6 Å². The van der Waals surface area contributed by atoms with E-state index in [2.05, 4.69) is 29.7 Å². The van der Waals surface area contributed by atoms with Gasteiger partial charge in [-0.3, -0.25) is 24.1 Å². The van der Waals surface area contributed by atoms with Crippen LogP contribution in [0.1, 0.15) is 74.1 Å². The Morgan fingerprint density at radius 2 is 1.74 bits per heavy atom. The number of hydrogen-bond acceptors (Lipinski definition) is 6. The molecule has 1 saturated heterocycles. The number of hydrogen-bond donors (Lipinski definition) is 4. The lowest BCUT2D eigenvalue weighted by atomic mass is 9.94. The highest BCUT2D eigenvalue weighted by Gasteiger charge is 2.39. The van der Waals surface area contributed by atoms with Gasteiger partial charge in [-0.05, 0) is 37.5 Å². The average molecular weight is 480 g/mol. The van der Waals surface area contributed by atoms with Gasteiger partial charge in [-0.25, -0.2) is 0 Å². The van der Waals surface area contributed by atoms with Crippen LogP contribution < -0.4 is 15.9 Å². The molecule has 1 fully saturated rings. The quantitative estimate of drug-likeness (QED) is 0.231. The number of aliphatic hydroxyl groups is 1. The molecule has 34 heavy (non-hydrogen) atoms. The number of carbonyl (C=O) groups is 4. The monoisotopic (exact) mass is 480 g/mol. The standard InChI is InChI=1S/C15H26N2O3.C9H19BN2O2/c1-10(2)5-7-16-13(18)6-8-17-14(19)9-12(11(3)4)15(17)20;1-7(2)6-11-8(14)9(3,12-10)4-5-13/h10-12H,5-9H2,1-4H3,(H,16,18);7,12-13H,4-6H2,1-3H3,(H,11,14). The summed E-state index contributed by atoms with van der Waals surface area (Å²) in [6, 6.07) is 0. The number of nitrogens with one attached hydrogen (secondary N) is 3. The lowest BCUT2D eigenvalue weighted by molar-refractivity contribution is -0.140. The predicted molar refractivity (Wildman–Crippen MR) is 134 cm³/mol. The van der Waals surface area contributed by atoms with Crippen LogP contribution in [0, 0.1) is 23.7 Å². The van der Waals surface area contributed by atoms with Crippen molar-refractivity contribution in [3.8, 4) is 0 Å². The van der Waals surface area contributed by atoms with Gasteiger partial charge in [0.05, 0.1) is 5.54 Å². The number of imide groups is 1. The van der Waals surface area contributed by atoms with E-state index < -0.39 is 5.54 Å². The molecule has 2 unspecified atom stereocenters. The molecule has 2 atom stereocenters. The van der Waals surface area contributed by atoms with E-state index in [4.69, 9.17) is 13.1 Å². The van der Waals surface area contributed by atoms with E-state index in [1.807, 2.05) is 27.7 Å². The number of likely N-dealkylation sites (tertiary alicyclic amines) is 1. The van der Waals surface area contributed by atoms with Crippen molar-refractivity contribution in [1.82, 2.24) is 20.8 Å². The van der Waals surface area contributed by atoms with Gasteiger partial charge in [0.25, 0.3) is 0 Å². The molecule has 4 N–H and O–H groups in total. The van der Waals surface area contributed by atoms with Crippen LogP contribution in [0.5, 0.6) is 0 Å². The molecule has 0 spiro atoms. The van der Waals surface area contributed by atoms with E-state index in [1.165, 1.54) is 4.90 Å². The van der Waals surface area contributed by atoms with E-state index in [9.17, 15) is 19.2 Å². The minimum Gasteiger partial charge on any atom is -0.396 e.